The molecule has 7 nitrogen and oxygen atoms in total. The van der Waals surface area contributed by atoms with Crippen LogP contribution in [0.4, 0.5) is 5.69 Å². The van der Waals surface area contributed by atoms with Crippen molar-refractivity contribution in [3.63, 3.8) is 0 Å². The smallest absolute Gasteiger partial charge is 0.238 e. The van der Waals surface area contributed by atoms with E-state index >= 15 is 0 Å². The highest BCUT2D eigenvalue weighted by Gasteiger charge is 2.26. The van der Waals surface area contributed by atoms with Crippen LogP contribution in [0.3, 0.4) is 0 Å². The van der Waals surface area contributed by atoms with E-state index in [1.54, 1.807) is 13.2 Å². The van der Waals surface area contributed by atoms with Gasteiger partial charge < -0.3 is 14.6 Å². The number of nitrogens with zero attached hydrogens (tertiary/aromatic N) is 3. The van der Waals surface area contributed by atoms with Crippen molar-refractivity contribution in [3.8, 4) is 5.75 Å². The van der Waals surface area contributed by atoms with E-state index in [0.29, 0.717) is 34.7 Å². The lowest BCUT2D eigenvalue weighted by Gasteiger charge is -2.29. The lowest BCUT2D eigenvalue weighted by atomic mass is 9.97. The van der Waals surface area contributed by atoms with Crippen molar-refractivity contribution in [1.82, 2.24) is 15.0 Å². The highest BCUT2D eigenvalue weighted by molar-refractivity contribution is 6.31. The van der Waals surface area contributed by atoms with Gasteiger partial charge in [-0.1, -0.05) is 16.8 Å². The zero-order valence-corrected chi connectivity index (χ0v) is 16.0. The predicted molar refractivity (Wildman–Crippen MR) is 98.8 cm³/mol. The summed E-state index contributed by atoms with van der Waals surface area (Å²) in [6.07, 6.45) is 1.80. The van der Waals surface area contributed by atoms with E-state index in [2.05, 4.69) is 20.4 Å². The van der Waals surface area contributed by atoms with Crippen LogP contribution in [-0.4, -0.2) is 47.7 Å². The third-order valence-electron chi connectivity index (χ3n) is 4.60. The van der Waals surface area contributed by atoms with E-state index in [1.807, 2.05) is 19.9 Å². The van der Waals surface area contributed by atoms with E-state index in [1.165, 1.54) is 0 Å². The van der Waals surface area contributed by atoms with Crippen molar-refractivity contribution in [2.24, 2.45) is 0 Å². The maximum atomic E-state index is 12.4. The minimum Gasteiger partial charge on any atom is -0.495 e. The minimum absolute atomic E-state index is 0.0721. The fraction of sp³-hybridized carbons (Fsp3) is 0.500. The second-order valence-corrected chi connectivity index (χ2v) is 6.99. The Hall–Kier alpha value is -2.12. The Labute approximate surface area is 157 Å². The second-order valence-electron chi connectivity index (χ2n) is 6.58. The fourth-order valence-electron chi connectivity index (χ4n) is 3.14. The number of benzene rings is 1. The molecular weight excluding hydrogens is 356 g/mol. The summed E-state index contributed by atoms with van der Waals surface area (Å²) in [5.41, 5.74) is 1.52. The van der Waals surface area contributed by atoms with Crippen LogP contribution in [0, 0.1) is 13.8 Å². The molecule has 0 spiro atoms. The zero-order chi connectivity index (χ0) is 18.7. The Morgan fingerprint density at radius 3 is 2.73 bits per heavy atom. The molecule has 1 N–H and O–H groups in total. The van der Waals surface area contributed by atoms with Crippen molar-refractivity contribution < 1.29 is 14.1 Å². The van der Waals surface area contributed by atoms with Gasteiger partial charge in [-0.25, -0.2) is 0 Å². The van der Waals surface area contributed by atoms with Crippen LogP contribution in [0.25, 0.3) is 0 Å². The molecule has 1 saturated heterocycles. The summed E-state index contributed by atoms with van der Waals surface area (Å²) < 4.78 is 10.6. The number of anilines is 1. The first-order valence-corrected chi connectivity index (χ1v) is 9.00. The van der Waals surface area contributed by atoms with Gasteiger partial charge in [-0.2, -0.15) is 4.98 Å². The van der Waals surface area contributed by atoms with Gasteiger partial charge in [-0.15, -0.1) is 0 Å². The van der Waals surface area contributed by atoms with Crippen LogP contribution in [-0.2, 0) is 4.79 Å². The number of nitrogens with one attached hydrogen (secondary N) is 1. The molecule has 1 aliphatic rings. The van der Waals surface area contributed by atoms with Gasteiger partial charge in [0, 0.05) is 17.0 Å². The minimum atomic E-state index is -0.0721. The molecule has 2 heterocycles. The van der Waals surface area contributed by atoms with Crippen LogP contribution < -0.4 is 10.1 Å². The van der Waals surface area contributed by atoms with Crippen molar-refractivity contribution in [1.29, 1.82) is 0 Å². The van der Waals surface area contributed by atoms with Gasteiger partial charge in [0.2, 0.25) is 11.8 Å². The van der Waals surface area contributed by atoms with E-state index in [9.17, 15) is 4.79 Å². The number of halogens is 1. The molecule has 26 heavy (non-hydrogen) atoms. The summed E-state index contributed by atoms with van der Waals surface area (Å²) >= 11 is 6.10. The Morgan fingerprint density at radius 1 is 1.38 bits per heavy atom. The molecule has 2 aromatic rings. The topological polar surface area (TPSA) is 80.5 Å². The number of rotatable bonds is 5. The van der Waals surface area contributed by atoms with E-state index in [0.717, 1.165) is 31.5 Å². The van der Waals surface area contributed by atoms with E-state index in [-0.39, 0.29) is 11.8 Å². The number of carbonyl (C=O) groups is 1. The molecule has 0 atom stereocenters. The molecule has 0 unspecified atom stereocenters. The quantitative estimate of drug-likeness (QED) is 0.860. The summed E-state index contributed by atoms with van der Waals surface area (Å²) in [6, 6.07) is 3.54. The standard InChI is InChI=1S/C18H23ClN4O3/c1-11-8-15(16(25-3)9-14(11)19)21-17(24)10-23-6-4-13(5-7-23)18-20-12(2)22-26-18/h8-9,13H,4-7,10H2,1-3H3,(H,21,24). The highest BCUT2D eigenvalue weighted by Crippen LogP contribution is 2.31. The second kappa shape index (κ2) is 8.05. The number of amides is 1. The largest absolute Gasteiger partial charge is 0.495 e. The van der Waals surface area contributed by atoms with Gasteiger partial charge >= 0.3 is 0 Å². The van der Waals surface area contributed by atoms with E-state index < -0.39 is 0 Å². The van der Waals surface area contributed by atoms with Gasteiger partial charge in [-0.3, -0.25) is 9.69 Å². The molecule has 1 aromatic carbocycles. The summed E-state index contributed by atoms with van der Waals surface area (Å²) in [5, 5.41) is 7.38. The van der Waals surface area contributed by atoms with Gasteiger partial charge in [0.25, 0.3) is 0 Å². The van der Waals surface area contributed by atoms with Crippen LogP contribution >= 0.6 is 11.6 Å². The maximum absolute atomic E-state index is 12.4. The molecule has 1 aromatic heterocycles. The highest BCUT2D eigenvalue weighted by atomic mass is 35.5. The zero-order valence-electron chi connectivity index (χ0n) is 15.2. The molecule has 1 fully saturated rings. The number of aryl methyl sites for hydroxylation is 2. The summed E-state index contributed by atoms with van der Waals surface area (Å²) in [4.78, 5) is 18.9. The molecule has 3 rings (SSSR count). The van der Waals surface area contributed by atoms with Crippen molar-refractivity contribution in [3.05, 3.63) is 34.4 Å². The molecule has 140 valence electrons. The Morgan fingerprint density at radius 2 is 2.12 bits per heavy atom. The number of piperidine rings is 1. The average molecular weight is 379 g/mol. The first kappa shape index (κ1) is 18.7. The normalized spacial score (nSPS) is 15.8. The Bertz CT molecular complexity index is 785. The Balaban J connectivity index is 1.54. The maximum Gasteiger partial charge on any atom is 0.238 e. The van der Waals surface area contributed by atoms with Crippen molar-refractivity contribution >= 4 is 23.2 Å². The summed E-state index contributed by atoms with van der Waals surface area (Å²) in [7, 11) is 1.56. The van der Waals surface area contributed by atoms with Crippen LogP contribution in [0.5, 0.6) is 5.75 Å². The lowest BCUT2D eigenvalue weighted by molar-refractivity contribution is -0.117. The van der Waals surface area contributed by atoms with Gasteiger partial charge in [0.05, 0.1) is 19.3 Å². The molecule has 8 heteroatoms. The van der Waals surface area contributed by atoms with Crippen LogP contribution in [0.2, 0.25) is 5.02 Å². The van der Waals surface area contributed by atoms with Crippen molar-refractivity contribution in [2.75, 3.05) is 32.1 Å². The molecule has 0 bridgehead atoms. The van der Waals surface area contributed by atoms with Crippen LogP contribution in [0.15, 0.2) is 16.7 Å². The third kappa shape index (κ3) is 4.34. The lowest BCUT2D eigenvalue weighted by Crippen LogP contribution is -2.38. The number of carbonyl (C=O) groups excluding carboxylic acids is 1. The number of methoxy groups -OCH3 is 1. The van der Waals surface area contributed by atoms with Gasteiger partial charge in [-0.05, 0) is 51.4 Å². The Kier molecular flexibility index (Phi) is 5.78. The first-order valence-electron chi connectivity index (χ1n) is 8.63. The summed E-state index contributed by atoms with van der Waals surface area (Å²) in [6.45, 7) is 5.67. The SMILES string of the molecule is COc1cc(Cl)c(C)cc1NC(=O)CN1CCC(c2nc(C)no2)CC1. The first-order chi connectivity index (χ1) is 12.5. The molecule has 0 saturated carbocycles. The number of aromatic nitrogens is 2. The monoisotopic (exact) mass is 378 g/mol. The number of hydrogen-bond donors (Lipinski definition) is 1. The molecular formula is C18H23ClN4O3. The van der Waals surface area contributed by atoms with Crippen molar-refractivity contribution in [2.45, 2.75) is 32.6 Å². The summed E-state index contributed by atoms with van der Waals surface area (Å²) in [5.74, 6) is 2.12. The average Bonchev–Trinajstić information content (AvgIpc) is 3.05. The third-order valence-corrected chi connectivity index (χ3v) is 5.01. The molecule has 1 amide bonds. The van der Waals surface area contributed by atoms with Crippen LogP contribution in [0.1, 0.15) is 36.0 Å². The predicted octanol–water partition coefficient (Wildman–Crippen LogP) is 3.17. The molecule has 0 radical (unpaired) electrons. The van der Waals surface area contributed by atoms with Gasteiger partial charge in [0.15, 0.2) is 5.82 Å². The molecule has 1 aliphatic heterocycles. The number of likely N-dealkylation sites (tertiary alicyclic amines) is 1. The number of ether oxygens (including phenoxy) is 1. The fourth-order valence-corrected chi connectivity index (χ4v) is 3.29. The number of hydrogen-bond acceptors (Lipinski definition) is 6. The molecule has 0 aliphatic carbocycles. The van der Waals surface area contributed by atoms with E-state index in [4.69, 9.17) is 20.9 Å². The van der Waals surface area contributed by atoms with Gasteiger partial charge in [0.1, 0.15) is 5.75 Å².